The predicted molar refractivity (Wildman–Crippen MR) is 89.4 cm³/mol. The number of nitrogens with one attached hydrogen (secondary N) is 1. The number of nitrogens with zero attached hydrogens (tertiary/aromatic N) is 4. The maximum Gasteiger partial charge on any atom is 0.241 e. The molecule has 2 aliphatic rings. The average molecular weight is 311 g/mol. The van der Waals surface area contributed by atoms with E-state index in [1.807, 2.05) is 35.4 Å². The van der Waals surface area contributed by atoms with Gasteiger partial charge in [0, 0.05) is 32.7 Å². The maximum atomic E-state index is 12.6. The summed E-state index contributed by atoms with van der Waals surface area (Å²) in [6.07, 6.45) is 4.06. The molecule has 6 heteroatoms. The molecule has 2 aromatic rings. The molecule has 0 spiro atoms. The van der Waals surface area contributed by atoms with Crippen LogP contribution in [0.15, 0.2) is 30.5 Å². The lowest BCUT2D eigenvalue weighted by Gasteiger charge is -2.35. The number of para-hydroxylation sites is 2. The number of hydrogen-bond acceptors (Lipinski definition) is 5. The van der Waals surface area contributed by atoms with E-state index in [-0.39, 0.29) is 11.9 Å². The molecule has 2 aliphatic heterocycles. The molecule has 0 aliphatic carbocycles. The summed E-state index contributed by atoms with van der Waals surface area (Å²) in [6, 6.07) is 7.73. The highest BCUT2D eigenvalue weighted by Crippen LogP contribution is 2.18. The standard InChI is InChI=1S/C17H21N5O/c23-17(21-8-3-4-9-21)15-12-22(10-7-18-15)16-11-19-13-5-1-2-6-14(13)20-16/h1-2,5-6,11,15,18H,3-4,7-10,12H2/t15-/m1/s1. The summed E-state index contributed by atoms with van der Waals surface area (Å²) < 4.78 is 0. The van der Waals surface area contributed by atoms with Crippen LogP contribution in [0.2, 0.25) is 0 Å². The number of amides is 1. The Hall–Kier alpha value is -2.21. The van der Waals surface area contributed by atoms with Crippen LogP contribution in [0.1, 0.15) is 12.8 Å². The molecule has 2 saturated heterocycles. The molecule has 4 rings (SSSR count). The van der Waals surface area contributed by atoms with Crippen molar-refractivity contribution in [2.45, 2.75) is 18.9 Å². The van der Waals surface area contributed by atoms with Crippen molar-refractivity contribution in [3.8, 4) is 0 Å². The van der Waals surface area contributed by atoms with Crippen molar-refractivity contribution < 1.29 is 4.79 Å². The van der Waals surface area contributed by atoms with Crippen LogP contribution in [0.5, 0.6) is 0 Å². The molecule has 23 heavy (non-hydrogen) atoms. The molecule has 1 atom stereocenters. The number of aromatic nitrogens is 2. The maximum absolute atomic E-state index is 12.6. The van der Waals surface area contributed by atoms with E-state index in [1.54, 1.807) is 0 Å². The van der Waals surface area contributed by atoms with E-state index < -0.39 is 0 Å². The van der Waals surface area contributed by atoms with Gasteiger partial charge in [-0.3, -0.25) is 9.78 Å². The van der Waals surface area contributed by atoms with Crippen molar-refractivity contribution in [3.05, 3.63) is 30.5 Å². The van der Waals surface area contributed by atoms with Crippen molar-refractivity contribution in [1.82, 2.24) is 20.2 Å². The molecule has 0 radical (unpaired) electrons. The second-order valence-electron chi connectivity index (χ2n) is 6.20. The number of carbonyl (C=O) groups excluding carboxylic acids is 1. The molecule has 6 nitrogen and oxygen atoms in total. The van der Waals surface area contributed by atoms with Gasteiger partial charge in [0.05, 0.1) is 17.2 Å². The van der Waals surface area contributed by atoms with E-state index in [2.05, 4.69) is 15.2 Å². The minimum absolute atomic E-state index is 0.143. The van der Waals surface area contributed by atoms with E-state index in [9.17, 15) is 4.79 Å². The van der Waals surface area contributed by atoms with Gasteiger partial charge in [-0.25, -0.2) is 4.98 Å². The lowest BCUT2D eigenvalue weighted by Crippen LogP contribution is -2.57. The lowest BCUT2D eigenvalue weighted by molar-refractivity contribution is -0.132. The van der Waals surface area contributed by atoms with Gasteiger partial charge in [0.15, 0.2) is 0 Å². The number of likely N-dealkylation sites (tertiary alicyclic amines) is 1. The van der Waals surface area contributed by atoms with Gasteiger partial charge in [0.2, 0.25) is 5.91 Å². The van der Waals surface area contributed by atoms with Crippen LogP contribution >= 0.6 is 0 Å². The highest BCUT2D eigenvalue weighted by atomic mass is 16.2. The van der Waals surface area contributed by atoms with Gasteiger partial charge in [0.25, 0.3) is 0 Å². The van der Waals surface area contributed by atoms with Crippen molar-refractivity contribution in [1.29, 1.82) is 0 Å². The van der Waals surface area contributed by atoms with E-state index >= 15 is 0 Å². The Kier molecular flexibility index (Phi) is 3.83. The number of carbonyl (C=O) groups is 1. The van der Waals surface area contributed by atoms with Crippen molar-refractivity contribution in [2.75, 3.05) is 37.6 Å². The first-order valence-corrected chi connectivity index (χ1v) is 8.30. The molecule has 1 aromatic carbocycles. The molecular weight excluding hydrogens is 290 g/mol. The molecule has 0 saturated carbocycles. The third-order valence-corrected chi connectivity index (χ3v) is 4.65. The summed E-state index contributed by atoms with van der Waals surface area (Å²) >= 11 is 0. The van der Waals surface area contributed by atoms with Gasteiger partial charge in [-0.15, -0.1) is 0 Å². The van der Waals surface area contributed by atoms with Crippen LogP contribution < -0.4 is 10.2 Å². The SMILES string of the molecule is O=C([C@H]1CN(c2cnc3ccccc3n2)CCN1)N1CCCC1. The fourth-order valence-corrected chi connectivity index (χ4v) is 3.38. The third-order valence-electron chi connectivity index (χ3n) is 4.65. The normalized spacial score (nSPS) is 21.8. The molecule has 2 fully saturated rings. The van der Waals surface area contributed by atoms with Crippen LogP contribution in [0.25, 0.3) is 11.0 Å². The molecule has 0 bridgehead atoms. The van der Waals surface area contributed by atoms with Crippen LogP contribution in [0, 0.1) is 0 Å². The zero-order valence-corrected chi connectivity index (χ0v) is 13.1. The average Bonchev–Trinajstić information content (AvgIpc) is 3.15. The Morgan fingerprint density at radius 3 is 2.74 bits per heavy atom. The minimum Gasteiger partial charge on any atom is -0.352 e. The van der Waals surface area contributed by atoms with E-state index in [1.165, 1.54) is 0 Å². The molecule has 3 heterocycles. The van der Waals surface area contributed by atoms with Gasteiger partial charge in [-0.05, 0) is 25.0 Å². The summed E-state index contributed by atoms with van der Waals surface area (Å²) in [7, 11) is 0. The Balaban J connectivity index is 1.52. The van der Waals surface area contributed by atoms with Crippen LogP contribution in [0.3, 0.4) is 0 Å². The van der Waals surface area contributed by atoms with Gasteiger partial charge >= 0.3 is 0 Å². The first kappa shape index (κ1) is 14.4. The summed E-state index contributed by atoms with van der Waals surface area (Å²) in [5, 5.41) is 3.35. The van der Waals surface area contributed by atoms with E-state index in [4.69, 9.17) is 4.98 Å². The van der Waals surface area contributed by atoms with Gasteiger partial charge in [-0.1, -0.05) is 12.1 Å². The summed E-state index contributed by atoms with van der Waals surface area (Å²) in [5.41, 5.74) is 1.79. The molecule has 0 unspecified atom stereocenters. The molecule has 120 valence electrons. The number of benzene rings is 1. The Morgan fingerprint density at radius 1 is 1.13 bits per heavy atom. The topological polar surface area (TPSA) is 61.4 Å². The molecule has 1 N–H and O–H groups in total. The summed E-state index contributed by atoms with van der Waals surface area (Å²) in [4.78, 5) is 25.9. The second-order valence-corrected chi connectivity index (χ2v) is 6.20. The molecular formula is C17H21N5O. The number of rotatable bonds is 2. The highest BCUT2D eigenvalue weighted by molar-refractivity contribution is 5.83. The van der Waals surface area contributed by atoms with E-state index in [0.717, 1.165) is 55.9 Å². The van der Waals surface area contributed by atoms with Crippen LogP contribution in [0.4, 0.5) is 5.82 Å². The predicted octanol–water partition coefficient (Wildman–Crippen LogP) is 1.03. The zero-order chi connectivity index (χ0) is 15.6. The third kappa shape index (κ3) is 2.86. The first-order valence-electron chi connectivity index (χ1n) is 8.30. The number of anilines is 1. The van der Waals surface area contributed by atoms with Crippen molar-refractivity contribution in [3.63, 3.8) is 0 Å². The number of fused-ring (bicyclic) bond motifs is 1. The largest absolute Gasteiger partial charge is 0.352 e. The van der Waals surface area contributed by atoms with Crippen molar-refractivity contribution >= 4 is 22.8 Å². The first-order chi connectivity index (χ1) is 11.3. The fourth-order valence-electron chi connectivity index (χ4n) is 3.38. The lowest BCUT2D eigenvalue weighted by atomic mass is 10.2. The highest BCUT2D eigenvalue weighted by Gasteiger charge is 2.30. The molecule has 1 aromatic heterocycles. The van der Waals surface area contributed by atoms with Gasteiger partial charge in [-0.2, -0.15) is 0 Å². The number of piperazine rings is 1. The summed E-state index contributed by atoms with van der Waals surface area (Å²) in [5.74, 6) is 1.07. The van der Waals surface area contributed by atoms with Gasteiger partial charge < -0.3 is 15.1 Å². The number of hydrogen-bond donors (Lipinski definition) is 1. The Labute approximate surface area is 135 Å². The van der Waals surface area contributed by atoms with Gasteiger partial charge in [0.1, 0.15) is 11.9 Å². The zero-order valence-electron chi connectivity index (χ0n) is 13.1. The quantitative estimate of drug-likeness (QED) is 0.897. The second kappa shape index (κ2) is 6.12. The Bertz CT molecular complexity index is 713. The Morgan fingerprint density at radius 2 is 1.91 bits per heavy atom. The fraction of sp³-hybridized carbons (Fsp3) is 0.471. The molecule has 1 amide bonds. The minimum atomic E-state index is -0.143. The summed E-state index contributed by atoms with van der Waals surface area (Å²) in [6.45, 7) is 4.08. The van der Waals surface area contributed by atoms with Crippen LogP contribution in [-0.4, -0.2) is 59.5 Å². The van der Waals surface area contributed by atoms with Crippen LogP contribution in [-0.2, 0) is 4.79 Å². The van der Waals surface area contributed by atoms with Crippen molar-refractivity contribution in [2.24, 2.45) is 0 Å². The van der Waals surface area contributed by atoms with E-state index in [0.29, 0.717) is 6.54 Å². The monoisotopic (exact) mass is 311 g/mol. The smallest absolute Gasteiger partial charge is 0.241 e.